The largest absolute Gasteiger partial charge is 0.382 e. The molecule has 0 aliphatic rings. The lowest BCUT2D eigenvalue weighted by Crippen LogP contribution is -2.21. The molecular weight excluding hydrogens is 354 g/mol. The molecule has 114 valence electrons. The van der Waals surface area contributed by atoms with Gasteiger partial charge in [-0.2, -0.15) is 5.10 Å². The Hall–Kier alpha value is -0.880. The summed E-state index contributed by atoms with van der Waals surface area (Å²) in [6.07, 6.45) is 0.897. The van der Waals surface area contributed by atoms with Crippen LogP contribution in [0.5, 0.6) is 0 Å². The average Bonchev–Trinajstić information content (AvgIpc) is 2.80. The zero-order chi connectivity index (χ0) is 15.6. The van der Waals surface area contributed by atoms with Gasteiger partial charge in [0.25, 0.3) is 0 Å². The van der Waals surface area contributed by atoms with Crippen molar-refractivity contribution in [2.75, 3.05) is 20.6 Å². The number of halogens is 2. The van der Waals surface area contributed by atoms with Gasteiger partial charge in [0.05, 0.1) is 22.9 Å². The van der Waals surface area contributed by atoms with E-state index in [4.69, 9.17) is 11.6 Å². The van der Waals surface area contributed by atoms with Crippen molar-refractivity contribution in [3.63, 3.8) is 0 Å². The van der Waals surface area contributed by atoms with E-state index < -0.39 is 6.10 Å². The second kappa shape index (κ2) is 6.92. The lowest BCUT2D eigenvalue weighted by atomic mass is 10.0. The average molecular weight is 373 g/mol. The van der Waals surface area contributed by atoms with Gasteiger partial charge in [0.2, 0.25) is 0 Å². The quantitative estimate of drug-likeness (QED) is 0.876. The first-order chi connectivity index (χ1) is 9.91. The van der Waals surface area contributed by atoms with Crippen LogP contribution in [0.3, 0.4) is 0 Å². The van der Waals surface area contributed by atoms with E-state index in [2.05, 4.69) is 25.9 Å². The molecule has 2 aromatic rings. The summed E-state index contributed by atoms with van der Waals surface area (Å²) in [4.78, 5) is 2.07. The van der Waals surface area contributed by atoms with Crippen LogP contribution < -0.4 is 0 Å². The highest BCUT2D eigenvalue weighted by Crippen LogP contribution is 2.33. The van der Waals surface area contributed by atoms with Crippen LogP contribution in [0.15, 0.2) is 28.9 Å². The number of hydrogen-bond donors (Lipinski definition) is 1. The molecule has 0 spiro atoms. The number of rotatable bonds is 5. The number of aromatic nitrogens is 2. The Bertz CT molecular complexity index is 627. The minimum atomic E-state index is -0.809. The Labute approximate surface area is 138 Å². The second-order valence-corrected chi connectivity index (χ2v) is 6.52. The Balaban J connectivity index is 2.36. The third-order valence-corrected chi connectivity index (χ3v) is 4.49. The first-order valence-corrected chi connectivity index (χ1v) is 7.88. The maximum atomic E-state index is 10.7. The third kappa shape index (κ3) is 3.66. The van der Waals surface area contributed by atoms with Crippen LogP contribution in [0.2, 0.25) is 5.02 Å². The molecule has 0 fully saturated rings. The Morgan fingerprint density at radius 3 is 2.81 bits per heavy atom. The zero-order valence-corrected chi connectivity index (χ0v) is 14.7. The second-order valence-electron chi connectivity index (χ2n) is 5.28. The summed E-state index contributed by atoms with van der Waals surface area (Å²) in [5.74, 6) is 0. The summed E-state index contributed by atoms with van der Waals surface area (Å²) in [6.45, 7) is 3.47. The first-order valence-electron chi connectivity index (χ1n) is 6.70. The van der Waals surface area contributed by atoms with Crippen molar-refractivity contribution in [2.45, 2.75) is 19.6 Å². The van der Waals surface area contributed by atoms with Crippen molar-refractivity contribution in [3.8, 4) is 0 Å². The van der Waals surface area contributed by atoms with Crippen molar-refractivity contribution in [1.82, 2.24) is 14.7 Å². The number of benzene rings is 1. The Morgan fingerprint density at radius 2 is 2.14 bits per heavy atom. The van der Waals surface area contributed by atoms with Crippen molar-refractivity contribution in [2.24, 2.45) is 0 Å². The normalized spacial score (nSPS) is 12.9. The summed E-state index contributed by atoms with van der Waals surface area (Å²) in [5, 5.41) is 15.6. The molecular formula is C15H19BrClN3O. The van der Waals surface area contributed by atoms with Gasteiger partial charge in [0.1, 0.15) is 6.10 Å². The molecule has 6 heteroatoms. The van der Waals surface area contributed by atoms with E-state index >= 15 is 0 Å². The molecule has 0 aliphatic carbocycles. The maximum Gasteiger partial charge on any atom is 0.123 e. The van der Waals surface area contributed by atoms with Gasteiger partial charge in [-0.15, -0.1) is 0 Å². The SMILES string of the molecule is Cc1cccc(C(O)c2c(Br)cnn2CCN(C)C)c1Cl. The monoisotopic (exact) mass is 371 g/mol. The van der Waals surface area contributed by atoms with Gasteiger partial charge in [-0.05, 0) is 42.5 Å². The fourth-order valence-electron chi connectivity index (χ4n) is 2.15. The summed E-state index contributed by atoms with van der Waals surface area (Å²) in [7, 11) is 4.01. The molecule has 1 unspecified atom stereocenters. The number of likely N-dealkylation sites (N-methyl/N-ethyl adjacent to an activating group) is 1. The number of aryl methyl sites for hydroxylation is 1. The molecule has 1 heterocycles. The number of aliphatic hydroxyl groups is 1. The predicted molar refractivity (Wildman–Crippen MR) is 88.7 cm³/mol. The van der Waals surface area contributed by atoms with E-state index in [1.165, 1.54) is 0 Å². The van der Waals surface area contributed by atoms with Crippen molar-refractivity contribution < 1.29 is 5.11 Å². The number of nitrogens with zero attached hydrogens (tertiary/aromatic N) is 3. The highest BCUT2D eigenvalue weighted by Gasteiger charge is 2.22. The number of hydrogen-bond acceptors (Lipinski definition) is 3. The molecule has 0 saturated heterocycles. The van der Waals surface area contributed by atoms with E-state index in [0.717, 1.165) is 22.3 Å². The fourth-order valence-corrected chi connectivity index (χ4v) is 2.89. The van der Waals surface area contributed by atoms with Crippen LogP contribution in [-0.2, 0) is 6.54 Å². The highest BCUT2D eigenvalue weighted by molar-refractivity contribution is 9.10. The van der Waals surface area contributed by atoms with E-state index in [0.29, 0.717) is 17.1 Å². The lowest BCUT2D eigenvalue weighted by molar-refractivity contribution is 0.205. The van der Waals surface area contributed by atoms with Crippen LogP contribution in [0.25, 0.3) is 0 Å². The van der Waals surface area contributed by atoms with E-state index in [9.17, 15) is 5.11 Å². The topological polar surface area (TPSA) is 41.3 Å². The van der Waals surface area contributed by atoms with Crippen molar-refractivity contribution in [3.05, 3.63) is 50.7 Å². The summed E-state index contributed by atoms with van der Waals surface area (Å²) in [6, 6.07) is 5.67. The van der Waals surface area contributed by atoms with Crippen molar-refractivity contribution in [1.29, 1.82) is 0 Å². The molecule has 1 atom stereocenters. The van der Waals surface area contributed by atoms with Gasteiger partial charge >= 0.3 is 0 Å². The van der Waals surface area contributed by atoms with Gasteiger partial charge in [0.15, 0.2) is 0 Å². The van der Waals surface area contributed by atoms with Gasteiger partial charge in [0, 0.05) is 17.1 Å². The molecule has 0 radical (unpaired) electrons. The van der Waals surface area contributed by atoms with Gasteiger partial charge in [-0.1, -0.05) is 29.8 Å². The zero-order valence-electron chi connectivity index (χ0n) is 12.3. The van der Waals surface area contributed by atoms with Crippen LogP contribution >= 0.6 is 27.5 Å². The molecule has 0 amide bonds. The molecule has 0 aliphatic heterocycles. The minimum Gasteiger partial charge on any atom is -0.382 e. The molecule has 2 rings (SSSR count). The van der Waals surface area contributed by atoms with Crippen LogP contribution in [-0.4, -0.2) is 40.4 Å². The van der Waals surface area contributed by atoms with E-state index in [-0.39, 0.29) is 0 Å². The smallest absolute Gasteiger partial charge is 0.123 e. The van der Waals surface area contributed by atoms with Crippen LogP contribution in [0.1, 0.15) is 22.9 Å². The lowest BCUT2D eigenvalue weighted by Gasteiger charge is -2.18. The molecule has 21 heavy (non-hydrogen) atoms. The Kier molecular flexibility index (Phi) is 5.43. The van der Waals surface area contributed by atoms with Gasteiger partial charge in [-0.25, -0.2) is 0 Å². The van der Waals surface area contributed by atoms with Crippen LogP contribution in [0.4, 0.5) is 0 Å². The third-order valence-electron chi connectivity index (χ3n) is 3.37. The van der Waals surface area contributed by atoms with E-state index in [1.807, 2.05) is 43.9 Å². The maximum absolute atomic E-state index is 10.7. The number of aliphatic hydroxyl groups excluding tert-OH is 1. The summed E-state index contributed by atoms with van der Waals surface area (Å²) >= 11 is 9.79. The molecule has 0 bridgehead atoms. The van der Waals surface area contributed by atoms with Gasteiger partial charge < -0.3 is 10.0 Å². The fraction of sp³-hybridized carbons (Fsp3) is 0.400. The predicted octanol–water partition coefficient (Wildman–Crippen LogP) is 3.25. The molecule has 1 aromatic carbocycles. The summed E-state index contributed by atoms with van der Waals surface area (Å²) in [5.41, 5.74) is 2.37. The van der Waals surface area contributed by atoms with Crippen molar-refractivity contribution >= 4 is 27.5 Å². The van der Waals surface area contributed by atoms with E-state index in [1.54, 1.807) is 6.20 Å². The molecule has 0 saturated carbocycles. The standard InChI is InChI=1S/C15H19BrClN3O/c1-10-5-4-6-11(13(10)17)15(21)14-12(16)9-18-20(14)8-7-19(2)3/h4-6,9,15,21H,7-8H2,1-3H3. The summed E-state index contributed by atoms with van der Waals surface area (Å²) < 4.78 is 2.60. The Morgan fingerprint density at radius 1 is 1.43 bits per heavy atom. The first kappa shape index (κ1) is 16.5. The molecule has 4 nitrogen and oxygen atoms in total. The van der Waals surface area contributed by atoms with Gasteiger partial charge in [-0.3, -0.25) is 4.68 Å². The highest BCUT2D eigenvalue weighted by atomic mass is 79.9. The molecule has 1 N–H and O–H groups in total. The molecule has 1 aromatic heterocycles. The van der Waals surface area contributed by atoms with Crippen LogP contribution in [0, 0.1) is 6.92 Å². The minimum absolute atomic E-state index is 0.595.